The third kappa shape index (κ3) is 7.33. The number of carbonyl (C=O) groups is 1. The maximum absolute atomic E-state index is 13.8. The number of nitro groups is 1. The Hall–Kier alpha value is -3.71. The predicted octanol–water partition coefficient (Wildman–Crippen LogP) is 6.49. The van der Waals surface area contributed by atoms with Gasteiger partial charge in [-0.1, -0.05) is 6.92 Å². The molecule has 1 aliphatic heterocycles. The van der Waals surface area contributed by atoms with Gasteiger partial charge in [-0.25, -0.2) is 0 Å². The predicted molar refractivity (Wildman–Crippen MR) is 139 cm³/mol. The molecule has 0 bridgehead atoms. The maximum Gasteiger partial charge on any atom is 0.423 e. The van der Waals surface area contributed by atoms with Crippen LogP contribution in [-0.2, 0) is 17.1 Å². The zero-order chi connectivity index (χ0) is 29.9. The van der Waals surface area contributed by atoms with Crippen molar-refractivity contribution in [1.29, 1.82) is 0 Å². The fourth-order valence-corrected chi connectivity index (χ4v) is 5.23. The van der Waals surface area contributed by atoms with Crippen LogP contribution in [0, 0.1) is 10.1 Å². The van der Waals surface area contributed by atoms with E-state index in [-0.39, 0.29) is 23.4 Å². The van der Waals surface area contributed by atoms with Gasteiger partial charge in [-0.3, -0.25) is 14.9 Å². The van der Waals surface area contributed by atoms with Crippen molar-refractivity contribution in [1.82, 2.24) is 4.90 Å². The summed E-state index contributed by atoms with van der Waals surface area (Å²) in [5, 5.41) is 13.9. The second kappa shape index (κ2) is 12.0. The lowest BCUT2D eigenvalue weighted by molar-refractivity contribution is -0.388. The number of amides is 1. The van der Waals surface area contributed by atoms with Crippen LogP contribution in [0.3, 0.4) is 0 Å². The summed E-state index contributed by atoms with van der Waals surface area (Å²) >= 11 is 0. The van der Waals surface area contributed by atoms with Crippen molar-refractivity contribution in [2.24, 2.45) is 0 Å². The standard InChI is InChI=1S/C27H30F6N4O4/c1-2-25(38)36-13-11-35(12-14-36)19-6-9-21(26(28,29)30)24(16-19)41-20-7-3-17(4-8-20)34-18-5-10-23(37(39)40)22(15-18)27(31,32)33/h5-6,9-10,15-17,20,34H,2-4,7-8,11-14H2,1H3. The van der Waals surface area contributed by atoms with E-state index in [9.17, 15) is 41.3 Å². The summed E-state index contributed by atoms with van der Waals surface area (Å²) in [4.78, 5) is 25.5. The number of halogens is 6. The third-order valence-corrected chi connectivity index (χ3v) is 7.41. The van der Waals surface area contributed by atoms with Crippen LogP contribution in [0.15, 0.2) is 36.4 Å². The van der Waals surface area contributed by atoms with E-state index < -0.39 is 40.2 Å². The second-order valence-electron chi connectivity index (χ2n) is 10.1. The van der Waals surface area contributed by atoms with Crippen LogP contribution in [0.4, 0.5) is 43.4 Å². The Balaban J connectivity index is 1.41. The second-order valence-corrected chi connectivity index (χ2v) is 10.1. The van der Waals surface area contributed by atoms with Gasteiger partial charge in [-0.05, 0) is 49.9 Å². The number of hydrogen-bond donors (Lipinski definition) is 1. The number of carbonyl (C=O) groups excluding carboxylic acids is 1. The zero-order valence-corrected chi connectivity index (χ0v) is 22.2. The molecule has 1 saturated heterocycles. The molecule has 2 aromatic rings. The number of anilines is 2. The van der Waals surface area contributed by atoms with E-state index in [0.717, 1.165) is 12.1 Å². The van der Waals surface area contributed by atoms with Gasteiger partial charge in [0.2, 0.25) is 5.91 Å². The molecule has 0 spiro atoms. The van der Waals surface area contributed by atoms with Gasteiger partial charge in [0.05, 0.1) is 16.6 Å². The van der Waals surface area contributed by atoms with Crippen LogP contribution in [0.25, 0.3) is 0 Å². The molecule has 41 heavy (non-hydrogen) atoms. The summed E-state index contributed by atoms with van der Waals surface area (Å²) in [6.07, 6.45) is -8.15. The first-order valence-electron chi connectivity index (χ1n) is 13.3. The molecule has 4 rings (SSSR count). The van der Waals surface area contributed by atoms with E-state index in [1.807, 2.05) is 4.90 Å². The first-order chi connectivity index (χ1) is 19.3. The summed E-state index contributed by atoms with van der Waals surface area (Å²) in [5.74, 6) is -0.260. The maximum atomic E-state index is 13.8. The van der Waals surface area contributed by atoms with Gasteiger partial charge < -0.3 is 19.9 Å². The number of nitro benzene ring substituents is 1. The van der Waals surface area contributed by atoms with Gasteiger partial charge in [-0.2, -0.15) is 26.3 Å². The van der Waals surface area contributed by atoms with Crippen LogP contribution in [0.5, 0.6) is 5.75 Å². The SMILES string of the molecule is CCC(=O)N1CCN(c2ccc(C(F)(F)F)c(OC3CCC(Nc4ccc([N+](=O)[O-])c(C(F)(F)F)c4)CC3)c2)CC1. The van der Waals surface area contributed by atoms with Gasteiger partial charge in [0.1, 0.15) is 11.3 Å². The van der Waals surface area contributed by atoms with Crippen molar-refractivity contribution in [3.63, 3.8) is 0 Å². The number of hydrogen-bond acceptors (Lipinski definition) is 6. The summed E-state index contributed by atoms with van der Waals surface area (Å²) in [7, 11) is 0. The van der Waals surface area contributed by atoms with E-state index in [4.69, 9.17) is 4.74 Å². The fraction of sp³-hybridized carbons (Fsp3) is 0.519. The first-order valence-corrected chi connectivity index (χ1v) is 13.3. The largest absolute Gasteiger partial charge is 0.490 e. The molecule has 1 saturated carbocycles. The summed E-state index contributed by atoms with van der Waals surface area (Å²) in [6, 6.07) is 6.18. The van der Waals surface area contributed by atoms with Crippen molar-refractivity contribution >= 4 is 23.0 Å². The molecule has 1 N–H and O–H groups in total. The van der Waals surface area contributed by atoms with Gasteiger partial charge in [0.25, 0.3) is 5.69 Å². The number of piperazine rings is 1. The van der Waals surface area contributed by atoms with Crippen LogP contribution >= 0.6 is 0 Å². The molecule has 1 amide bonds. The summed E-state index contributed by atoms with van der Waals surface area (Å²) in [5.41, 5.74) is -2.67. The number of nitrogens with one attached hydrogen (secondary N) is 1. The van der Waals surface area contributed by atoms with Crippen LogP contribution in [0.1, 0.15) is 50.2 Å². The van der Waals surface area contributed by atoms with E-state index in [1.165, 1.54) is 18.2 Å². The summed E-state index contributed by atoms with van der Waals surface area (Å²) in [6.45, 7) is 3.68. The van der Waals surface area contributed by atoms with E-state index in [2.05, 4.69) is 5.32 Å². The average Bonchev–Trinajstić information content (AvgIpc) is 2.92. The molecule has 224 valence electrons. The Bertz CT molecular complexity index is 1250. The Morgan fingerprint density at radius 3 is 2.15 bits per heavy atom. The lowest BCUT2D eigenvalue weighted by Crippen LogP contribution is -2.48. The minimum Gasteiger partial charge on any atom is -0.490 e. The molecular weight excluding hydrogens is 558 g/mol. The number of alkyl halides is 6. The van der Waals surface area contributed by atoms with Crippen LogP contribution in [0.2, 0.25) is 0 Å². The fourth-order valence-electron chi connectivity index (χ4n) is 5.23. The smallest absolute Gasteiger partial charge is 0.423 e. The molecule has 2 aliphatic rings. The minimum atomic E-state index is -4.91. The molecule has 0 aromatic heterocycles. The Labute approximate surface area is 232 Å². The molecule has 1 aliphatic carbocycles. The lowest BCUT2D eigenvalue weighted by atomic mass is 9.92. The molecule has 0 atom stereocenters. The molecular formula is C27H30F6N4O4. The highest BCUT2D eigenvalue weighted by Gasteiger charge is 2.39. The quantitative estimate of drug-likeness (QED) is 0.226. The topological polar surface area (TPSA) is 88.0 Å². The highest BCUT2D eigenvalue weighted by Crippen LogP contribution is 2.41. The Morgan fingerprint density at radius 1 is 0.951 bits per heavy atom. The minimum absolute atomic E-state index is 0.0283. The highest BCUT2D eigenvalue weighted by molar-refractivity contribution is 5.76. The molecule has 0 radical (unpaired) electrons. The monoisotopic (exact) mass is 588 g/mol. The lowest BCUT2D eigenvalue weighted by Gasteiger charge is -2.36. The number of benzene rings is 2. The number of rotatable bonds is 7. The van der Waals surface area contributed by atoms with Gasteiger partial charge in [0.15, 0.2) is 0 Å². The first kappa shape index (κ1) is 30.3. The normalized spacial score (nSPS) is 20.1. The molecule has 14 heteroatoms. The number of nitrogens with zero attached hydrogens (tertiary/aromatic N) is 3. The molecule has 2 fully saturated rings. The molecule has 8 nitrogen and oxygen atoms in total. The van der Waals surface area contributed by atoms with Gasteiger partial charge in [0, 0.05) is 62.1 Å². The molecule has 1 heterocycles. The summed E-state index contributed by atoms with van der Waals surface area (Å²) < 4.78 is 87.1. The van der Waals surface area contributed by atoms with Crippen molar-refractivity contribution in [3.8, 4) is 5.75 Å². The Morgan fingerprint density at radius 2 is 1.59 bits per heavy atom. The van der Waals surface area contributed by atoms with Crippen LogP contribution in [-0.4, -0.2) is 54.1 Å². The highest BCUT2D eigenvalue weighted by atomic mass is 19.4. The van der Waals surface area contributed by atoms with E-state index >= 15 is 0 Å². The van der Waals surface area contributed by atoms with Crippen molar-refractivity contribution in [2.45, 2.75) is 63.5 Å². The third-order valence-electron chi connectivity index (χ3n) is 7.41. The van der Waals surface area contributed by atoms with Crippen molar-refractivity contribution in [2.75, 3.05) is 36.4 Å². The van der Waals surface area contributed by atoms with Crippen LogP contribution < -0.4 is 15.0 Å². The van der Waals surface area contributed by atoms with Gasteiger partial charge >= 0.3 is 12.4 Å². The molecule has 2 aromatic carbocycles. The average molecular weight is 589 g/mol. The van der Waals surface area contributed by atoms with E-state index in [1.54, 1.807) is 11.8 Å². The van der Waals surface area contributed by atoms with Crippen molar-refractivity contribution in [3.05, 3.63) is 57.6 Å². The van der Waals surface area contributed by atoms with Crippen molar-refractivity contribution < 1.29 is 40.8 Å². The van der Waals surface area contributed by atoms with Gasteiger partial charge in [-0.15, -0.1) is 0 Å². The van der Waals surface area contributed by atoms with E-state index in [0.29, 0.717) is 70.0 Å². The molecule has 0 unspecified atom stereocenters. The number of ether oxygens (including phenoxy) is 1. The zero-order valence-electron chi connectivity index (χ0n) is 22.2. The Kier molecular flexibility index (Phi) is 8.88.